The fourth-order valence-corrected chi connectivity index (χ4v) is 3.32. The molecule has 0 heterocycles. The summed E-state index contributed by atoms with van der Waals surface area (Å²) in [4.78, 5) is 35.5. The minimum absolute atomic E-state index is 0.0445. The van der Waals surface area contributed by atoms with E-state index in [4.69, 9.17) is 10.00 Å². The third kappa shape index (κ3) is 10.1. The summed E-state index contributed by atoms with van der Waals surface area (Å²) in [5.41, 5.74) is 0.673. The molecule has 0 unspecified atom stereocenters. The van der Waals surface area contributed by atoms with Gasteiger partial charge in [0.15, 0.2) is 0 Å². The zero-order chi connectivity index (χ0) is 22.2. The number of para-hydroxylation sites is 1. The second-order valence-corrected chi connectivity index (χ2v) is 7.06. The SMILES string of the molecule is CCOC(=O)CCN(C(=O)CC#N)c1ccccc1.COC(=O)CC1CCCCC1. The van der Waals surface area contributed by atoms with Crippen LogP contribution in [0.2, 0.25) is 0 Å². The molecular formula is C23H32N2O5. The number of rotatable bonds is 8. The zero-order valence-electron chi connectivity index (χ0n) is 18.0. The number of hydrogen-bond donors (Lipinski definition) is 0. The first-order valence-corrected chi connectivity index (χ1v) is 10.5. The Hall–Kier alpha value is -2.88. The first kappa shape index (κ1) is 25.2. The standard InChI is InChI=1S/C14H16N2O3.C9H16O2/c1-2-19-14(18)9-11-16(13(17)8-10-15)12-6-4-3-5-7-12;1-11-9(10)7-8-5-3-2-4-6-8/h3-7H,2,8-9,11H2,1H3;8H,2-7H2,1H3. The molecule has 0 aromatic heterocycles. The topological polar surface area (TPSA) is 96.7 Å². The lowest BCUT2D eigenvalue weighted by Crippen LogP contribution is -2.32. The molecule has 1 aromatic rings. The van der Waals surface area contributed by atoms with Crippen molar-refractivity contribution in [3.8, 4) is 6.07 Å². The maximum absolute atomic E-state index is 11.9. The number of benzene rings is 1. The number of carbonyl (C=O) groups is 3. The van der Waals surface area contributed by atoms with E-state index in [9.17, 15) is 14.4 Å². The van der Waals surface area contributed by atoms with Gasteiger partial charge in [-0.05, 0) is 37.8 Å². The molecule has 0 atom stereocenters. The highest BCUT2D eigenvalue weighted by molar-refractivity contribution is 5.95. The summed E-state index contributed by atoms with van der Waals surface area (Å²) in [6, 6.07) is 10.8. The van der Waals surface area contributed by atoms with Gasteiger partial charge in [0.25, 0.3) is 0 Å². The maximum atomic E-state index is 11.9. The summed E-state index contributed by atoms with van der Waals surface area (Å²) in [7, 11) is 1.46. The molecule has 0 radical (unpaired) electrons. The van der Waals surface area contributed by atoms with Gasteiger partial charge in [-0.1, -0.05) is 37.5 Å². The lowest BCUT2D eigenvalue weighted by Gasteiger charge is -2.21. The molecule has 164 valence electrons. The predicted octanol–water partition coefficient (Wildman–Crippen LogP) is 4.02. The molecule has 1 amide bonds. The third-order valence-electron chi connectivity index (χ3n) is 4.85. The molecule has 1 aromatic carbocycles. The maximum Gasteiger partial charge on any atom is 0.307 e. The molecule has 7 nitrogen and oxygen atoms in total. The van der Waals surface area contributed by atoms with Crippen LogP contribution in [0.5, 0.6) is 0 Å². The second-order valence-electron chi connectivity index (χ2n) is 7.06. The lowest BCUT2D eigenvalue weighted by molar-refractivity contribution is -0.143. The van der Waals surface area contributed by atoms with Crippen LogP contribution in [0.15, 0.2) is 30.3 Å². The average Bonchev–Trinajstić information content (AvgIpc) is 2.76. The van der Waals surface area contributed by atoms with Crippen LogP contribution in [0.1, 0.15) is 58.3 Å². The Labute approximate surface area is 178 Å². The van der Waals surface area contributed by atoms with Gasteiger partial charge in [0, 0.05) is 18.7 Å². The van der Waals surface area contributed by atoms with E-state index >= 15 is 0 Å². The van der Waals surface area contributed by atoms with Gasteiger partial charge >= 0.3 is 11.9 Å². The molecule has 1 fully saturated rings. The number of methoxy groups -OCH3 is 1. The minimum Gasteiger partial charge on any atom is -0.469 e. The quantitative estimate of drug-likeness (QED) is 0.594. The number of esters is 2. The van der Waals surface area contributed by atoms with E-state index in [1.54, 1.807) is 31.2 Å². The monoisotopic (exact) mass is 416 g/mol. The smallest absolute Gasteiger partial charge is 0.307 e. The number of hydrogen-bond acceptors (Lipinski definition) is 6. The molecule has 1 aliphatic carbocycles. The summed E-state index contributed by atoms with van der Waals surface area (Å²) in [5, 5.41) is 8.60. The van der Waals surface area contributed by atoms with Crippen LogP contribution in [0.4, 0.5) is 5.69 Å². The van der Waals surface area contributed by atoms with Crippen LogP contribution in [0, 0.1) is 17.2 Å². The fraction of sp³-hybridized carbons (Fsp3) is 0.565. The van der Waals surface area contributed by atoms with Crippen LogP contribution < -0.4 is 4.90 Å². The van der Waals surface area contributed by atoms with E-state index in [1.165, 1.54) is 44.1 Å². The molecule has 1 saturated carbocycles. The van der Waals surface area contributed by atoms with Crippen molar-refractivity contribution < 1.29 is 23.9 Å². The van der Waals surface area contributed by atoms with Gasteiger partial charge in [-0.25, -0.2) is 0 Å². The van der Waals surface area contributed by atoms with E-state index in [2.05, 4.69) is 4.74 Å². The predicted molar refractivity (Wildman–Crippen MR) is 113 cm³/mol. The number of anilines is 1. The molecule has 0 aliphatic heterocycles. The highest BCUT2D eigenvalue weighted by Gasteiger charge is 2.17. The number of carbonyl (C=O) groups excluding carboxylic acids is 3. The van der Waals surface area contributed by atoms with Crippen molar-refractivity contribution in [2.45, 2.75) is 58.3 Å². The van der Waals surface area contributed by atoms with Crippen molar-refractivity contribution in [1.82, 2.24) is 0 Å². The van der Waals surface area contributed by atoms with Gasteiger partial charge in [0.2, 0.25) is 5.91 Å². The molecule has 2 rings (SSSR count). The average molecular weight is 417 g/mol. The Balaban J connectivity index is 0.000000346. The number of nitrogens with zero attached hydrogens (tertiary/aromatic N) is 2. The Kier molecular flexibility index (Phi) is 12.6. The van der Waals surface area contributed by atoms with Gasteiger partial charge < -0.3 is 14.4 Å². The Morgan fingerprint density at radius 3 is 2.33 bits per heavy atom. The largest absolute Gasteiger partial charge is 0.469 e. The molecule has 1 aliphatic rings. The summed E-state index contributed by atoms with van der Waals surface area (Å²) >= 11 is 0. The highest BCUT2D eigenvalue weighted by Crippen LogP contribution is 2.26. The Morgan fingerprint density at radius 2 is 1.77 bits per heavy atom. The summed E-state index contributed by atoms with van der Waals surface area (Å²) < 4.78 is 9.44. The van der Waals surface area contributed by atoms with Crippen LogP contribution in [-0.4, -0.2) is 38.1 Å². The Morgan fingerprint density at radius 1 is 1.10 bits per heavy atom. The molecule has 0 bridgehead atoms. The molecule has 0 spiro atoms. The van der Waals surface area contributed by atoms with Crippen LogP contribution in [0.25, 0.3) is 0 Å². The number of ether oxygens (including phenoxy) is 2. The van der Waals surface area contributed by atoms with Gasteiger partial charge in [0.05, 0.1) is 26.2 Å². The van der Waals surface area contributed by atoms with Crippen molar-refractivity contribution in [2.75, 3.05) is 25.2 Å². The van der Waals surface area contributed by atoms with E-state index in [-0.39, 0.29) is 37.2 Å². The summed E-state index contributed by atoms with van der Waals surface area (Å²) in [6.45, 7) is 2.26. The number of amides is 1. The lowest BCUT2D eigenvalue weighted by atomic mass is 9.87. The van der Waals surface area contributed by atoms with Crippen LogP contribution in [-0.2, 0) is 23.9 Å². The second kappa shape index (κ2) is 15.0. The normalized spacial score (nSPS) is 13.2. The molecule has 30 heavy (non-hydrogen) atoms. The first-order chi connectivity index (χ1) is 14.5. The van der Waals surface area contributed by atoms with Gasteiger partial charge in [0.1, 0.15) is 6.42 Å². The van der Waals surface area contributed by atoms with Crippen LogP contribution >= 0.6 is 0 Å². The first-order valence-electron chi connectivity index (χ1n) is 10.5. The van der Waals surface area contributed by atoms with Crippen molar-refractivity contribution in [1.29, 1.82) is 5.26 Å². The van der Waals surface area contributed by atoms with Gasteiger partial charge in [-0.3, -0.25) is 14.4 Å². The molecule has 0 N–H and O–H groups in total. The fourth-order valence-electron chi connectivity index (χ4n) is 3.32. The zero-order valence-corrected chi connectivity index (χ0v) is 18.0. The molecule has 0 saturated heterocycles. The van der Waals surface area contributed by atoms with Crippen molar-refractivity contribution >= 4 is 23.5 Å². The van der Waals surface area contributed by atoms with Gasteiger partial charge in [-0.2, -0.15) is 5.26 Å². The van der Waals surface area contributed by atoms with Crippen molar-refractivity contribution in [2.24, 2.45) is 5.92 Å². The Bertz CT molecular complexity index is 693. The third-order valence-corrected chi connectivity index (χ3v) is 4.85. The van der Waals surface area contributed by atoms with E-state index in [1.807, 2.05) is 12.1 Å². The number of nitriles is 1. The van der Waals surface area contributed by atoms with E-state index < -0.39 is 0 Å². The van der Waals surface area contributed by atoms with Gasteiger partial charge in [-0.15, -0.1) is 0 Å². The highest BCUT2D eigenvalue weighted by atomic mass is 16.5. The van der Waals surface area contributed by atoms with E-state index in [0.717, 1.165) is 0 Å². The minimum atomic E-state index is -0.354. The summed E-state index contributed by atoms with van der Waals surface area (Å²) in [5.74, 6) is -0.112. The van der Waals surface area contributed by atoms with Crippen molar-refractivity contribution in [3.63, 3.8) is 0 Å². The van der Waals surface area contributed by atoms with Crippen LogP contribution in [0.3, 0.4) is 0 Å². The summed E-state index contributed by atoms with van der Waals surface area (Å²) in [6.07, 6.45) is 6.90. The van der Waals surface area contributed by atoms with Crippen molar-refractivity contribution in [3.05, 3.63) is 30.3 Å². The molecular weight excluding hydrogens is 384 g/mol. The molecule has 7 heteroatoms. The van der Waals surface area contributed by atoms with E-state index in [0.29, 0.717) is 24.6 Å².